The second kappa shape index (κ2) is 9.76. The summed E-state index contributed by atoms with van der Waals surface area (Å²) in [6, 6.07) is 0. The molecule has 0 heterocycles. The predicted octanol–water partition coefficient (Wildman–Crippen LogP) is -1.03. The maximum atomic E-state index is 11.8. The van der Waals surface area contributed by atoms with Gasteiger partial charge in [0.15, 0.2) is 0 Å². The minimum absolute atomic E-state index is 0.0401. The van der Waals surface area contributed by atoms with Crippen LogP contribution in [-0.2, 0) is 19.3 Å². The predicted molar refractivity (Wildman–Crippen MR) is 71.4 cm³/mol. The zero-order valence-electron chi connectivity index (χ0n) is 10.5. The Morgan fingerprint density at radius 3 is 2.16 bits per heavy atom. The molecule has 0 aromatic heterocycles. The van der Waals surface area contributed by atoms with Crippen LogP contribution < -0.4 is 0 Å². The van der Waals surface area contributed by atoms with E-state index in [0.29, 0.717) is 0 Å². The fourth-order valence-corrected chi connectivity index (χ4v) is 1.63. The number of carbonyl (C=O) groups excluding carboxylic acids is 2. The van der Waals surface area contributed by atoms with Crippen LogP contribution in [0.3, 0.4) is 0 Å². The average molecular weight is 339 g/mol. The van der Waals surface area contributed by atoms with Crippen LogP contribution in [0.15, 0.2) is 0 Å². The summed E-state index contributed by atoms with van der Waals surface area (Å²) < 4.78 is 0. The summed E-state index contributed by atoms with van der Waals surface area (Å²) in [6.45, 7) is -0.344. The normalized spacial score (nSPS) is 10.0. The lowest BCUT2D eigenvalue weighted by molar-refractivity contribution is -0.247. The maximum Gasteiger partial charge on any atom is 0.305 e. The number of carboxylic acids is 1. The Hall–Kier alpha value is -1.13. The van der Waals surface area contributed by atoms with E-state index in [1.165, 1.54) is 0 Å². The highest BCUT2D eigenvalue weighted by Crippen LogP contribution is 2.06. The number of hydrazine groups is 1. The minimum atomic E-state index is -1.07. The molecular formula is C9H16BBrN2O6. The molecule has 0 atom stereocenters. The number of nitrogens with zero attached hydrogens (tertiary/aromatic N) is 2. The topological polar surface area (TPSA) is 107 Å². The van der Waals surface area contributed by atoms with Crippen molar-refractivity contribution in [2.24, 2.45) is 0 Å². The molecule has 108 valence electrons. The number of halogens is 1. The molecular weight excluding hydrogens is 323 g/mol. The molecule has 0 aliphatic heterocycles. The highest BCUT2D eigenvalue weighted by molar-refractivity contribution is 9.09. The summed E-state index contributed by atoms with van der Waals surface area (Å²) in [6.07, 6.45) is -0.142. The van der Waals surface area contributed by atoms with Crippen molar-refractivity contribution in [1.82, 2.24) is 10.0 Å². The summed E-state index contributed by atoms with van der Waals surface area (Å²) in [4.78, 5) is 38.0. The van der Waals surface area contributed by atoms with E-state index in [9.17, 15) is 14.4 Å². The Morgan fingerprint density at radius 1 is 1.16 bits per heavy atom. The van der Waals surface area contributed by atoms with Crippen molar-refractivity contribution in [3.05, 3.63) is 0 Å². The number of rotatable bonds is 8. The van der Waals surface area contributed by atoms with Gasteiger partial charge in [0, 0.05) is 0 Å². The maximum absolute atomic E-state index is 11.8. The Balaban J connectivity index is 4.93. The molecule has 0 bridgehead atoms. The number of carbonyl (C=O) groups is 3. The lowest BCUT2D eigenvalue weighted by Gasteiger charge is -2.34. The Morgan fingerprint density at radius 2 is 1.74 bits per heavy atom. The number of carboxylic acid groups (broad SMARTS) is 1. The van der Waals surface area contributed by atoms with Crippen LogP contribution in [-0.4, -0.2) is 71.0 Å². The minimum Gasteiger partial charge on any atom is -0.481 e. The number of aliphatic carboxylic acids is 1. The van der Waals surface area contributed by atoms with Crippen molar-refractivity contribution in [3.63, 3.8) is 0 Å². The van der Waals surface area contributed by atoms with Gasteiger partial charge in [0.25, 0.3) is 5.91 Å². The van der Waals surface area contributed by atoms with Crippen molar-refractivity contribution in [1.29, 1.82) is 0 Å². The first-order valence-corrected chi connectivity index (χ1v) is 6.74. The van der Waals surface area contributed by atoms with Crippen molar-refractivity contribution in [2.45, 2.75) is 12.7 Å². The molecule has 8 nitrogen and oxygen atoms in total. The van der Waals surface area contributed by atoms with Gasteiger partial charge in [0.1, 0.15) is 14.5 Å². The van der Waals surface area contributed by atoms with Crippen LogP contribution >= 0.6 is 15.9 Å². The summed E-state index contributed by atoms with van der Waals surface area (Å²) >= 11 is 2.97. The van der Waals surface area contributed by atoms with Gasteiger partial charge in [-0.25, -0.2) is 9.90 Å². The van der Waals surface area contributed by atoms with Gasteiger partial charge in [-0.1, -0.05) is 15.9 Å². The lowest BCUT2D eigenvalue weighted by atomic mass is 10.0. The molecule has 10 heteroatoms. The van der Waals surface area contributed by atoms with E-state index in [2.05, 4.69) is 20.8 Å². The molecule has 0 radical (unpaired) electrons. The van der Waals surface area contributed by atoms with Gasteiger partial charge >= 0.3 is 5.97 Å². The van der Waals surface area contributed by atoms with E-state index in [0.717, 1.165) is 10.0 Å². The SMILES string of the molecule is BCC(=O)N(CCOO)N(CCC(=O)O)C(=O)CBr. The van der Waals surface area contributed by atoms with Crippen LogP contribution in [0.25, 0.3) is 0 Å². The lowest BCUT2D eigenvalue weighted by Crippen LogP contribution is -2.52. The van der Waals surface area contributed by atoms with E-state index in [4.69, 9.17) is 10.4 Å². The van der Waals surface area contributed by atoms with E-state index >= 15 is 0 Å². The number of amides is 2. The van der Waals surface area contributed by atoms with Gasteiger partial charge in [0.2, 0.25) is 5.91 Å². The molecule has 0 saturated carbocycles. The van der Waals surface area contributed by atoms with Crippen LogP contribution in [0.1, 0.15) is 6.42 Å². The van der Waals surface area contributed by atoms with E-state index in [1.54, 1.807) is 7.85 Å². The summed E-state index contributed by atoms with van der Waals surface area (Å²) in [5.41, 5.74) is 0. The largest absolute Gasteiger partial charge is 0.481 e. The molecule has 0 fully saturated rings. The first kappa shape index (κ1) is 17.9. The number of alkyl halides is 1. The van der Waals surface area contributed by atoms with Crippen LogP contribution in [0.4, 0.5) is 0 Å². The van der Waals surface area contributed by atoms with Gasteiger partial charge < -0.3 is 5.11 Å². The number of hydrogen-bond acceptors (Lipinski definition) is 5. The molecule has 0 aromatic carbocycles. The number of hydrogen-bond donors (Lipinski definition) is 2. The van der Waals surface area contributed by atoms with Crippen molar-refractivity contribution < 1.29 is 29.6 Å². The van der Waals surface area contributed by atoms with Crippen molar-refractivity contribution >= 4 is 41.6 Å². The van der Waals surface area contributed by atoms with Gasteiger partial charge in [-0.2, -0.15) is 0 Å². The van der Waals surface area contributed by atoms with Gasteiger partial charge in [-0.05, 0) is 6.32 Å². The zero-order chi connectivity index (χ0) is 14.8. The molecule has 0 aliphatic carbocycles. The molecule has 0 rings (SSSR count). The monoisotopic (exact) mass is 338 g/mol. The van der Waals surface area contributed by atoms with Crippen LogP contribution in [0.5, 0.6) is 0 Å². The molecule has 0 aliphatic rings. The smallest absolute Gasteiger partial charge is 0.305 e. The van der Waals surface area contributed by atoms with Crippen LogP contribution in [0, 0.1) is 0 Å². The molecule has 0 saturated heterocycles. The Kier molecular flexibility index (Phi) is 9.18. The molecule has 0 unspecified atom stereocenters. The van der Waals surface area contributed by atoms with E-state index in [1.807, 2.05) is 0 Å². The Bertz CT molecular complexity index is 330. The van der Waals surface area contributed by atoms with Crippen molar-refractivity contribution in [3.8, 4) is 0 Å². The summed E-state index contributed by atoms with van der Waals surface area (Å²) in [7, 11) is 1.61. The molecule has 19 heavy (non-hydrogen) atoms. The third-order valence-electron chi connectivity index (χ3n) is 2.22. The van der Waals surface area contributed by atoms with E-state index < -0.39 is 11.9 Å². The fraction of sp³-hybridized carbons (Fsp3) is 0.667. The zero-order valence-corrected chi connectivity index (χ0v) is 12.1. The highest BCUT2D eigenvalue weighted by Gasteiger charge is 2.24. The van der Waals surface area contributed by atoms with Gasteiger partial charge in [-0.15, -0.1) is 0 Å². The molecule has 0 aromatic rings. The second-order valence-corrected chi connectivity index (χ2v) is 4.06. The standard InChI is InChI=1S/C9H16BBrN2O6/c10-5-7(14)13(3-4-19-18)12(8(15)6-11)2-1-9(16)17/h18H,1-6,10H2,(H,16,17). The van der Waals surface area contributed by atoms with E-state index in [-0.39, 0.29) is 43.7 Å². The first-order valence-electron chi connectivity index (χ1n) is 5.62. The second-order valence-electron chi connectivity index (χ2n) is 3.50. The van der Waals surface area contributed by atoms with Crippen molar-refractivity contribution in [2.75, 3.05) is 25.0 Å². The average Bonchev–Trinajstić information content (AvgIpc) is 2.40. The highest BCUT2D eigenvalue weighted by atomic mass is 79.9. The summed E-state index contributed by atoms with van der Waals surface area (Å²) in [5, 5.41) is 19.1. The van der Waals surface area contributed by atoms with Crippen LogP contribution in [0.2, 0.25) is 6.32 Å². The van der Waals surface area contributed by atoms with Gasteiger partial charge in [0.05, 0.1) is 24.8 Å². The molecule has 2 N–H and O–H groups in total. The molecule has 2 amide bonds. The Labute approximate surface area is 119 Å². The molecule has 0 spiro atoms. The third-order valence-corrected chi connectivity index (χ3v) is 2.70. The first-order chi connectivity index (χ1) is 8.97. The fourth-order valence-electron chi connectivity index (χ4n) is 1.34. The summed E-state index contributed by atoms with van der Waals surface area (Å²) in [5.74, 6) is -1.88. The quantitative estimate of drug-likeness (QED) is 0.253. The van der Waals surface area contributed by atoms with Gasteiger partial charge in [-0.3, -0.25) is 24.6 Å². The third kappa shape index (κ3) is 6.55.